The number of amides is 2. The van der Waals surface area contributed by atoms with Crippen LogP contribution in [-0.4, -0.2) is 31.2 Å². The summed E-state index contributed by atoms with van der Waals surface area (Å²) in [6.07, 6.45) is 2.80. The van der Waals surface area contributed by atoms with E-state index in [-0.39, 0.29) is 13.2 Å². The van der Waals surface area contributed by atoms with Gasteiger partial charge in [-0.25, -0.2) is 5.43 Å². The Morgan fingerprint density at radius 3 is 2.53 bits per heavy atom. The summed E-state index contributed by atoms with van der Waals surface area (Å²) < 4.78 is 11.5. The van der Waals surface area contributed by atoms with Crippen LogP contribution in [0.1, 0.15) is 18.1 Å². The maximum atomic E-state index is 11.6. The predicted octanol–water partition coefficient (Wildman–Crippen LogP) is 3.72. The SMILES string of the molecule is C=CCNC(=O)C(=O)N/N=C\c1cc(Cl)c(OCc2ccc(Cl)cc2)c(OCC)c1. The minimum Gasteiger partial charge on any atom is -0.490 e. The molecular formula is C21H21Cl2N3O4. The molecule has 0 saturated heterocycles. The van der Waals surface area contributed by atoms with E-state index >= 15 is 0 Å². The van der Waals surface area contributed by atoms with Crippen LogP contribution in [0.3, 0.4) is 0 Å². The van der Waals surface area contributed by atoms with E-state index in [1.54, 1.807) is 24.3 Å². The molecule has 0 spiro atoms. The molecule has 158 valence electrons. The first kappa shape index (κ1) is 23.3. The number of halogens is 2. The van der Waals surface area contributed by atoms with Gasteiger partial charge in [0.05, 0.1) is 17.8 Å². The molecule has 9 heteroatoms. The van der Waals surface area contributed by atoms with E-state index in [9.17, 15) is 9.59 Å². The van der Waals surface area contributed by atoms with E-state index in [0.29, 0.717) is 33.7 Å². The van der Waals surface area contributed by atoms with Crippen molar-refractivity contribution in [1.29, 1.82) is 0 Å². The maximum Gasteiger partial charge on any atom is 0.329 e. The number of benzene rings is 2. The minimum atomic E-state index is -0.896. The fourth-order valence-electron chi connectivity index (χ4n) is 2.26. The summed E-state index contributed by atoms with van der Waals surface area (Å²) >= 11 is 12.3. The Balaban J connectivity index is 2.09. The molecule has 2 N–H and O–H groups in total. The molecule has 0 unspecified atom stereocenters. The van der Waals surface area contributed by atoms with Crippen LogP contribution in [0.2, 0.25) is 10.0 Å². The van der Waals surface area contributed by atoms with Crippen molar-refractivity contribution in [2.75, 3.05) is 13.2 Å². The van der Waals surface area contributed by atoms with Crippen molar-refractivity contribution in [3.8, 4) is 11.5 Å². The van der Waals surface area contributed by atoms with Gasteiger partial charge in [-0.1, -0.05) is 41.4 Å². The van der Waals surface area contributed by atoms with Gasteiger partial charge in [-0.05, 0) is 42.3 Å². The molecule has 0 heterocycles. The van der Waals surface area contributed by atoms with Gasteiger partial charge in [-0.15, -0.1) is 6.58 Å². The first-order valence-electron chi connectivity index (χ1n) is 9.00. The van der Waals surface area contributed by atoms with Crippen molar-refractivity contribution >= 4 is 41.2 Å². The third-order valence-electron chi connectivity index (χ3n) is 3.62. The van der Waals surface area contributed by atoms with Gasteiger partial charge in [-0.2, -0.15) is 5.10 Å². The first-order valence-corrected chi connectivity index (χ1v) is 9.75. The highest BCUT2D eigenvalue weighted by atomic mass is 35.5. The molecule has 2 aromatic carbocycles. The third-order valence-corrected chi connectivity index (χ3v) is 4.15. The molecule has 0 aliphatic heterocycles. The number of carbonyl (C=O) groups excluding carboxylic acids is 2. The van der Waals surface area contributed by atoms with Crippen molar-refractivity contribution in [1.82, 2.24) is 10.7 Å². The summed E-state index contributed by atoms with van der Waals surface area (Å²) in [7, 11) is 0. The van der Waals surface area contributed by atoms with E-state index in [4.69, 9.17) is 32.7 Å². The van der Waals surface area contributed by atoms with Gasteiger partial charge < -0.3 is 14.8 Å². The van der Waals surface area contributed by atoms with Gasteiger partial charge in [-0.3, -0.25) is 9.59 Å². The zero-order valence-electron chi connectivity index (χ0n) is 16.3. The lowest BCUT2D eigenvalue weighted by atomic mass is 10.2. The van der Waals surface area contributed by atoms with Gasteiger partial charge in [0.15, 0.2) is 11.5 Å². The number of rotatable bonds is 9. The maximum absolute atomic E-state index is 11.6. The van der Waals surface area contributed by atoms with Gasteiger partial charge in [0.2, 0.25) is 0 Å². The Morgan fingerprint density at radius 1 is 1.13 bits per heavy atom. The van der Waals surface area contributed by atoms with Gasteiger partial charge >= 0.3 is 11.8 Å². The summed E-state index contributed by atoms with van der Waals surface area (Å²) in [6.45, 7) is 6.14. The number of hydrogen-bond acceptors (Lipinski definition) is 5. The van der Waals surface area contributed by atoms with Gasteiger partial charge in [0.1, 0.15) is 6.61 Å². The van der Waals surface area contributed by atoms with Crippen LogP contribution in [-0.2, 0) is 16.2 Å². The quantitative estimate of drug-likeness (QED) is 0.264. The highest BCUT2D eigenvalue weighted by Gasteiger charge is 2.13. The van der Waals surface area contributed by atoms with Crippen LogP contribution < -0.4 is 20.2 Å². The topological polar surface area (TPSA) is 89.0 Å². The summed E-state index contributed by atoms with van der Waals surface area (Å²) in [6, 6.07) is 10.5. The Bertz CT molecular complexity index is 931. The van der Waals surface area contributed by atoms with Crippen molar-refractivity contribution in [2.24, 2.45) is 5.10 Å². The molecule has 2 amide bonds. The average molecular weight is 450 g/mol. The molecule has 0 fully saturated rings. The molecule has 2 aromatic rings. The molecule has 0 atom stereocenters. The van der Waals surface area contributed by atoms with Gasteiger partial charge in [0.25, 0.3) is 0 Å². The number of hydrazone groups is 1. The molecular weight excluding hydrogens is 429 g/mol. The second-order valence-corrected chi connectivity index (χ2v) is 6.72. The Kier molecular flexibility index (Phi) is 9.18. The highest BCUT2D eigenvalue weighted by molar-refractivity contribution is 6.35. The number of carbonyl (C=O) groups is 2. The normalized spacial score (nSPS) is 10.5. The molecule has 0 aromatic heterocycles. The molecule has 0 aliphatic rings. The van der Waals surface area contributed by atoms with Crippen LogP contribution >= 0.6 is 23.2 Å². The Hall–Kier alpha value is -3.03. The summed E-state index contributed by atoms with van der Waals surface area (Å²) in [5.41, 5.74) is 3.60. The van der Waals surface area contributed by atoms with Crippen LogP contribution in [0, 0.1) is 0 Å². The molecule has 0 saturated carbocycles. The first-order chi connectivity index (χ1) is 14.4. The van der Waals surface area contributed by atoms with Crippen molar-refractivity contribution in [3.63, 3.8) is 0 Å². The van der Waals surface area contributed by atoms with E-state index in [2.05, 4.69) is 22.4 Å². The lowest BCUT2D eigenvalue weighted by Crippen LogP contribution is -2.37. The predicted molar refractivity (Wildman–Crippen MR) is 117 cm³/mol. The summed E-state index contributed by atoms with van der Waals surface area (Å²) in [5, 5.41) is 7.06. The largest absolute Gasteiger partial charge is 0.490 e. The Morgan fingerprint density at radius 2 is 1.87 bits per heavy atom. The van der Waals surface area contributed by atoms with Crippen LogP contribution in [0.15, 0.2) is 54.2 Å². The minimum absolute atomic E-state index is 0.181. The van der Waals surface area contributed by atoms with E-state index < -0.39 is 11.8 Å². The van der Waals surface area contributed by atoms with Crippen molar-refractivity contribution in [2.45, 2.75) is 13.5 Å². The molecule has 0 radical (unpaired) electrons. The van der Waals surface area contributed by atoms with Gasteiger partial charge in [0, 0.05) is 11.6 Å². The number of nitrogens with zero attached hydrogens (tertiary/aromatic N) is 1. The number of ether oxygens (including phenoxy) is 2. The third kappa shape index (κ3) is 7.09. The molecule has 0 aliphatic carbocycles. The smallest absolute Gasteiger partial charge is 0.329 e. The van der Waals surface area contributed by atoms with Crippen molar-refractivity contribution in [3.05, 3.63) is 70.2 Å². The van der Waals surface area contributed by atoms with Crippen LogP contribution in [0.5, 0.6) is 11.5 Å². The fraction of sp³-hybridized carbons (Fsp3) is 0.190. The monoisotopic (exact) mass is 449 g/mol. The van der Waals surface area contributed by atoms with E-state index in [0.717, 1.165) is 5.56 Å². The average Bonchev–Trinajstić information content (AvgIpc) is 2.72. The summed E-state index contributed by atoms with van der Waals surface area (Å²) in [4.78, 5) is 23.1. The molecule has 0 bridgehead atoms. The second-order valence-electron chi connectivity index (χ2n) is 5.88. The number of hydrogen-bond donors (Lipinski definition) is 2. The summed E-state index contributed by atoms with van der Waals surface area (Å²) in [5.74, 6) is -0.896. The zero-order valence-corrected chi connectivity index (χ0v) is 17.8. The zero-order chi connectivity index (χ0) is 21.9. The van der Waals surface area contributed by atoms with E-state index in [1.165, 1.54) is 12.3 Å². The standard InChI is InChI=1S/C21H21Cl2N3O4/c1-3-9-24-20(27)21(28)26-25-12-15-10-17(23)19(18(11-15)29-4-2)30-13-14-5-7-16(22)8-6-14/h3,5-8,10-12H,1,4,9,13H2,2H3,(H,24,27)(H,26,28)/b25-12-. The molecule has 7 nitrogen and oxygen atoms in total. The highest BCUT2D eigenvalue weighted by Crippen LogP contribution is 2.37. The fourth-order valence-corrected chi connectivity index (χ4v) is 2.66. The molecule has 30 heavy (non-hydrogen) atoms. The van der Waals surface area contributed by atoms with Crippen LogP contribution in [0.4, 0.5) is 0 Å². The lowest BCUT2D eigenvalue weighted by molar-refractivity contribution is -0.139. The van der Waals surface area contributed by atoms with Crippen molar-refractivity contribution < 1.29 is 19.1 Å². The Labute approximate surface area is 184 Å². The lowest BCUT2D eigenvalue weighted by Gasteiger charge is -2.14. The number of nitrogens with one attached hydrogen (secondary N) is 2. The van der Waals surface area contributed by atoms with E-state index in [1.807, 2.05) is 19.1 Å². The molecule has 2 rings (SSSR count). The van der Waals surface area contributed by atoms with Crippen LogP contribution in [0.25, 0.3) is 0 Å². The second kappa shape index (κ2) is 11.8.